The summed E-state index contributed by atoms with van der Waals surface area (Å²) in [6, 6.07) is 28.1. The standard InChI is InChI=1S/C23H23N3O.ClH/c27-23(22-16-24-15-21(22)17-8-3-1-4-9-17)26-20-13-7-12-19(14-20)25-18-10-5-2-6-11-18;/h1-14,21-22,24-25H,15-16H2,(H,26,27);1H/t21-,22+;/m0./s1. The molecular formula is C23H24ClN3O. The Balaban J connectivity index is 0.00000225. The van der Waals surface area contributed by atoms with Crippen LogP contribution >= 0.6 is 12.4 Å². The van der Waals surface area contributed by atoms with E-state index >= 15 is 0 Å². The molecule has 0 unspecified atom stereocenters. The number of para-hydroxylation sites is 1. The molecule has 0 bridgehead atoms. The van der Waals surface area contributed by atoms with Gasteiger partial charge in [-0.1, -0.05) is 54.6 Å². The Bertz CT molecular complexity index is 902. The molecule has 0 radical (unpaired) electrons. The molecule has 1 fully saturated rings. The molecule has 1 aliphatic heterocycles. The second-order valence-electron chi connectivity index (χ2n) is 6.84. The van der Waals surface area contributed by atoms with Crippen LogP contribution in [0.2, 0.25) is 0 Å². The molecule has 4 rings (SSSR count). The number of amides is 1. The summed E-state index contributed by atoms with van der Waals surface area (Å²) in [4.78, 5) is 12.9. The van der Waals surface area contributed by atoms with Crippen LogP contribution in [0.5, 0.6) is 0 Å². The lowest BCUT2D eigenvalue weighted by atomic mass is 9.88. The van der Waals surface area contributed by atoms with E-state index < -0.39 is 0 Å². The number of rotatable bonds is 5. The number of nitrogens with one attached hydrogen (secondary N) is 3. The van der Waals surface area contributed by atoms with Crippen LogP contribution < -0.4 is 16.0 Å². The lowest BCUT2D eigenvalue weighted by molar-refractivity contribution is -0.119. The minimum atomic E-state index is -0.0712. The highest BCUT2D eigenvalue weighted by molar-refractivity contribution is 5.94. The molecule has 0 aliphatic carbocycles. The highest BCUT2D eigenvalue weighted by Gasteiger charge is 2.33. The van der Waals surface area contributed by atoms with E-state index in [-0.39, 0.29) is 30.2 Å². The third kappa shape index (κ3) is 4.71. The first-order chi connectivity index (χ1) is 13.3. The van der Waals surface area contributed by atoms with Crippen molar-refractivity contribution >= 4 is 35.4 Å². The monoisotopic (exact) mass is 393 g/mol. The lowest BCUT2D eigenvalue weighted by Gasteiger charge is -2.19. The largest absolute Gasteiger partial charge is 0.355 e. The summed E-state index contributed by atoms with van der Waals surface area (Å²) in [5.74, 6) is 0.195. The van der Waals surface area contributed by atoms with Gasteiger partial charge in [-0.3, -0.25) is 4.79 Å². The Labute approximate surface area is 171 Å². The van der Waals surface area contributed by atoms with Crippen molar-refractivity contribution in [2.24, 2.45) is 5.92 Å². The topological polar surface area (TPSA) is 53.2 Å². The molecule has 2 atom stereocenters. The molecule has 1 saturated heterocycles. The fourth-order valence-electron chi connectivity index (χ4n) is 3.60. The highest BCUT2D eigenvalue weighted by atomic mass is 35.5. The maximum Gasteiger partial charge on any atom is 0.229 e. The Morgan fingerprint density at radius 2 is 1.43 bits per heavy atom. The maximum atomic E-state index is 12.9. The zero-order chi connectivity index (χ0) is 18.5. The SMILES string of the molecule is Cl.O=C(Nc1cccc(Nc2ccccc2)c1)[C@@H]1CNC[C@H]1c1ccccc1. The maximum absolute atomic E-state index is 12.9. The summed E-state index contributed by atoms with van der Waals surface area (Å²) in [7, 11) is 0. The molecule has 28 heavy (non-hydrogen) atoms. The van der Waals surface area contributed by atoms with Crippen molar-refractivity contribution in [3.63, 3.8) is 0 Å². The molecule has 3 aromatic carbocycles. The van der Waals surface area contributed by atoms with Gasteiger partial charge in [0, 0.05) is 36.1 Å². The molecule has 144 valence electrons. The van der Waals surface area contributed by atoms with Crippen LogP contribution in [0.25, 0.3) is 0 Å². The van der Waals surface area contributed by atoms with Crippen LogP contribution in [0.4, 0.5) is 17.1 Å². The van der Waals surface area contributed by atoms with Crippen molar-refractivity contribution in [2.45, 2.75) is 5.92 Å². The number of anilines is 3. The van der Waals surface area contributed by atoms with Crippen molar-refractivity contribution in [1.29, 1.82) is 0 Å². The quantitative estimate of drug-likeness (QED) is 0.584. The van der Waals surface area contributed by atoms with Crippen molar-refractivity contribution in [2.75, 3.05) is 23.7 Å². The lowest BCUT2D eigenvalue weighted by Crippen LogP contribution is -2.28. The summed E-state index contributed by atoms with van der Waals surface area (Å²) in [5, 5.41) is 9.81. The molecule has 0 spiro atoms. The third-order valence-corrected chi connectivity index (χ3v) is 4.97. The van der Waals surface area contributed by atoms with Crippen LogP contribution in [0, 0.1) is 5.92 Å². The molecule has 0 saturated carbocycles. The molecule has 1 heterocycles. The van der Waals surface area contributed by atoms with E-state index in [4.69, 9.17) is 0 Å². The molecular weight excluding hydrogens is 370 g/mol. The molecule has 0 aromatic heterocycles. The minimum Gasteiger partial charge on any atom is -0.355 e. The van der Waals surface area contributed by atoms with Crippen molar-refractivity contribution in [3.05, 3.63) is 90.5 Å². The Kier molecular flexibility index (Phi) is 6.69. The van der Waals surface area contributed by atoms with Gasteiger partial charge in [-0.05, 0) is 35.9 Å². The number of halogens is 1. The highest BCUT2D eigenvalue weighted by Crippen LogP contribution is 2.29. The summed E-state index contributed by atoms with van der Waals surface area (Å²) >= 11 is 0. The van der Waals surface area contributed by atoms with Gasteiger partial charge >= 0.3 is 0 Å². The summed E-state index contributed by atoms with van der Waals surface area (Å²) in [6.45, 7) is 1.53. The molecule has 1 aliphatic rings. The summed E-state index contributed by atoms with van der Waals surface area (Å²) in [5.41, 5.74) is 3.98. The van der Waals surface area contributed by atoms with Crippen LogP contribution in [0.3, 0.4) is 0 Å². The number of carbonyl (C=O) groups is 1. The van der Waals surface area contributed by atoms with E-state index in [1.54, 1.807) is 0 Å². The predicted molar refractivity (Wildman–Crippen MR) is 118 cm³/mol. The summed E-state index contributed by atoms with van der Waals surface area (Å²) < 4.78 is 0. The van der Waals surface area contributed by atoms with Crippen LogP contribution in [-0.4, -0.2) is 19.0 Å². The van der Waals surface area contributed by atoms with E-state index in [0.29, 0.717) is 6.54 Å². The van der Waals surface area contributed by atoms with Crippen molar-refractivity contribution in [1.82, 2.24) is 5.32 Å². The molecule has 5 heteroatoms. The van der Waals surface area contributed by atoms with Gasteiger partial charge in [0.25, 0.3) is 0 Å². The molecule has 1 amide bonds. The van der Waals surface area contributed by atoms with Gasteiger partial charge in [-0.2, -0.15) is 0 Å². The van der Waals surface area contributed by atoms with Crippen molar-refractivity contribution < 1.29 is 4.79 Å². The number of hydrogen-bond acceptors (Lipinski definition) is 3. The van der Waals surface area contributed by atoms with E-state index in [1.807, 2.05) is 72.8 Å². The van der Waals surface area contributed by atoms with E-state index in [0.717, 1.165) is 23.6 Å². The van der Waals surface area contributed by atoms with Gasteiger partial charge in [0.15, 0.2) is 0 Å². The van der Waals surface area contributed by atoms with Crippen molar-refractivity contribution in [3.8, 4) is 0 Å². The second kappa shape index (κ2) is 9.40. The van der Waals surface area contributed by atoms with Gasteiger partial charge in [-0.25, -0.2) is 0 Å². The Hall–Kier alpha value is -2.82. The minimum absolute atomic E-state index is 0. The zero-order valence-corrected chi connectivity index (χ0v) is 16.3. The molecule has 3 aromatic rings. The Morgan fingerprint density at radius 1 is 0.786 bits per heavy atom. The first-order valence-corrected chi connectivity index (χ1v) is 9.28. The van der Waals surface area contributed by atoms with Gasteiger partial charge in [-0.15, -0.1) is 12.4 Å². The van der Waals surface area contributed by atoms with Gasteiger partial charge in [0.05, 0.1) is 5.92 Å². The fraction of sp³-hybridized carbons (Fsp3) is 0.174. The number of benzene rings is 3. The predicted octanol–water partition coefficient (Wildman–Crippen LogP) is 4.79. The molecule has 3 N–H and O–H groups in total. The normalized spacial score (nSPS) is 18.1. The smallest absolute Gasteiger partial charge is 0.229 e. The Morgan fingerprint density at radius 3 is 2.18 bits per heavy atom. The van der Waals surface area contributed by atoms with Crippen LogP contribution in [0.1, 0.15) is 11.5 Å². The third-order valence-electron chi connectivity index (χ3n) is 4.97. The zero-order valence-electron chi connectivity index (χ0n) is 15.5. The van der Waals surface area contributed by atoms with Gasteiger partial charge in [0.2, 0.25) is 5.91 Å². The first kappa shape index (κ1) is 19.9. The average molecular weight is 394 g/mol. The second-order valence-corrected chi connectivity index (χ2v) is 6.84. The van der Waals surface area contributed by atoms with E-state index in [2.05, 4.69) is 28.1 Å². The van der Waals surface area contributed by atoms with E-state index in [1.165, 1.54) is 5.56 Å². The van der Waals surface area contributed by atoms with Crippen LogP contribution in [0.15, 0.2) is 84.9 Å². The van der Waals surface area contributed by atoms with E-state index in [9.17, 15) is 4.79 Å². The molecule has 4 nitrogen and oxygen atoms in total. The van der Waals surface area contributed by atoms with Gasteiger partial charge in [0.1, 0.15) is 0 Å². The fourth-order valence-corrected chi connectivity index (χ4v) is 3.60. The summed E-state index contributed by atoms with van der Waals surface area (Å²) in [6.07, 6.45) is 0. The number of hydrogen-bond donors (Lipinski definition) is 3. The average Bonchev–Trinajstić information content (AvgIpc) is 3.20. The van der Waals surface area contributed by atoms with Crippen LogP contribution in [-0.2, 0) is 4.79 Å². The first-order valence-electron chi connectivity index (χ1n) is 9.28. The number of carbonyl (C=O) groups excluding carboxylic acids is 1. The van der Waals surface area contributed by atoms with Gasteiger partial charge < -0.3 is 16.0 Å².